The zero-order valence-corrected chi connectivity index (χ0v) is 24.8. The molecule has 0 aliphatic carbocycles. The molecule has 0 unspecified atom stereocenters. The van der Waals surface area contributed by atoms with Crippen LogP contribution in [0.1, 0.15) is 51.6 Å². The van der Waals surface area contributed by atoms with Crippen molar-refractivity contribution in [1.82, 2.24) is 19.9 Å². The topological polar surface area (TPSA) is 51.6 Å². The Morgan fingerprint density at radius 3 is 1.93 bits per heavy atom. The number of nitrogens with zero attached hydrogens (tertiary/aromatic N) is 4. The van der Waals surface area contributed by atoms with Crippen molar-refractivity contribution in [2.24, 2.45) is 0 Å². The fraction of sp³-hybridized carbons (Fsp3) is 0.211. The minimum absolute atomic E-state index is 0.0292. The van der Waals surface area contributed by atoms with Gasteiger partial charge in [-0.25, -0.2) is 15.0 Å². The van der Waals surface area contributed by atoms with E-state index >= 15 is 0 Å². The molecule has 0 spiro atoms. The van der Waals surface area contributed by atoms with Crippen LogP contribution in [0, 0.1) is 0 Å². The van der Waals surface area contributed by atoms with Gasteiger partial charge >= 0.3 is 0 Å². The highest BCUT2D eigenvalue weighted by molar-refractivity contribution is 6.05. The smallest absolute Gasteiger partial charge is 0.0972 e. The van der Waals surface area contributed by atoms with E-state index in [1.54, 1.807) is 0 Å². The lowest BCUT2D eigenvalue weighted by atomic mass is 9.80. The zero-order valence-electron chi connectivity index (χ0n) is 24.8. The quantitative estimate of drug-likeness (QED) is 0.206. The maximum Gasteiger partial charge on any atom is 0.0972 e. The van der Waals surface area contributed by atoms with Gasteiger partial charge in [-0.1, -0.05) is 101 Å². The summed E-state index contributed by atoms with van der Waals surface area (Å²) < 4.78 is 0. The number of aromatic nitrogens is 4. The van der Waals surface area contributed by atoms with Crippen LogP contribution >= 0.6 is 0 Å². The number of fused-ring (bicyclic) bond motifs is 6. The van der Waals surface area contributed by atoms with E-state index in [2.05, 4.69) is 120 Å². The summed E-state index contributed by atoms with van der Waals surface area (Å²) in [5.74, 6) is 0. The molecule has 0 saturated heterocycles. The molecule has 0 N–H and O–H groups in total. The first-order chi connectivity index (χ1) is 20.2. The fourth-order valence-corrected chi connectivity index (χ4v) is 5.94. The Hall–Kier alpha value is -4.70. The maximum absolute atomic E-state index is 5.30. The number of pyridine rings is 4. The number of benzene rings is 3. The standard InChI is InChI=1S/C38H34N4/c1-37(2,3)31-19-17-27-22-28(29-12-9-21-39-36(29)35(27)41-31)23-38(4,5)32-20-16-26-14-13-25-15-18-30(24-10-7-6-8-11-24)40-33(25)34(26)42-32/h6-22H,23H2,1-5H3. The first kappa shape index (κ1) is 26.2. The molecular formula is C38H34N4. The van der Waals surface area contributed by atoms with Crippen molar-refractivity contribution >= 4 is 43.6 Å². The Labute approximate surface area is 246 Å². The van der Waals surface area contributed by atoms with Crippen molar-refractivity contribution in [2.75, 3.05) is 0 Å². The van der Waals surface area contributed by atoms with Crippen LogP contribution in [-0.4, -0.2) is 19.9 Å². The summed E-state index contributed by atoms with van der Waals surface area (Å²) in [6, 6.07) is 34.1. The minimum Gasteiger partial charge on any atom is -0.254 e. The third-order valence-electron chi connectivity index (χ3n) is 8.32. The van der Waals surface area contributed by atoms with Gasteiger partial charge in [-0.3, -0.25) is 4.98 Å². The van der Waals surface area contributed by atoms with Crippen molar-refractivity contribution < 1.29 is 0 Å². The second kappa shape index (κ2) is 9.70. The molecule has 0 aliphatic rings. The van der Waals surface area contributed by atoms with Gasteiger partial charge in [0.25, 0.3) is 0 Å². The van der Waals surface area contributed by atoms with Crippen molar-refractivity contribution in [1.29, 1.82) is 0 Å². The molecular weight excluding hydrogens is 512 g/mol. The predicted octanol–water partition coefficient (Wildman–Crippen LogP) is 9.36. The van der Waals surface area contributed by atoms with Crippen molar-refractivity contribution in [2.45, 2.75) is 51.9 Å². The van der Waals surface area contributed by atoms with Gasteiger partial charge in [0.1, 0.15) is 0 Å². The summed E-state index contributed by atoms with van der Waals surface area (Å²) in [6.07, 6.45) is 2.69. The van der Waals surface area contributed by atoms with Gasteiger partial charge in [-0.2, -0.15) is 0 Å². The molecule has 0 amide bonds. The predicted molar refractivity (Wildman–Crippen MR) is 175 cm³/mol. The van der Waals surface area contributed by atoms with Crippen LogP contribution in [-0.2, 0) is 17.3 Å². The lowest BCUT2D eigenvalue weighted by Crippen LogP contribution is -2.22. The summed E-state index contributed by atoms with van der Waals surface area (Å²) >= 11 is 0. The highest BCUT2D eigenvalue weighted by Crippen LogP contribution is 2.35. The lowest BCUT2D eigenvalue weighted by molar-refractivity contribution is 0.509. The Morgan fingerprint density at radius 1 is 0.548 bits per heavy atom. The number of hydrogen-bond donors (Lipinski definition) is 0. The van der Waals surface area contributed by atoms with Gasteiger partial charge in [0.05, 0.1) is 27.8 Å². The van der Waals surface area contributed by atoms with Crippen LogP contribution in [0.25, 0.3) is 54.9 Å². The molecule has 206 valence electrons. The van der Waals surface area contributed by atoms with Crippen LogP contribution in [0.5, 0.6) is 0 Å². The van der Waals surface area contributed by atoms with Crippen LogP contribution in [0.2, 0.25) is 0 Å². The van der Waals surface area contributed by atoms with E-state index in [1.165, 1.54) is 5.56 Å². The van der Waals surface area contributed by atoms with Gasteiger partial charge in [0, 0.05) is 55.5 Å². The third-order valence-corrected chi connectivity index (χ3v) is 8.32. The molecule has 0 saturated carbocycles. The fourth-order valence-electron chi connectivity index (χ4n) is 5.94. The summed E-state index contributed by atoms with van der Waals surface area (Å²) in [5, 5.41) is 4.46. The molecule has 0 aliphatic heterocycles. The van der Waals surface area contributed by atoms with Gasteiger partial charge in [-0.05, 0) is 42.3 Å². The van der Waals surface area contributed by atoms with Gasteiger partial charge in [-0.15, -0.1) is 0 Å². The summed E-state index contributed by atoms with van der Waals surface area (Å²) in [4.78, 5) is 20.3. The van der Waals surface area contributed by atoms with E-state index in [4.69, 9.17) is 19.9 Å². The summed E-state index contributed by atoms with van der Waals surface area (Å²) in [5.41, 5.74) is 8.99. The van der Waals surface area contributed by atoms with Crippen LogP contribution in [0.15, 0.2) is 103 Å². The van der Waals surface area contributed by atoms with Gasteiger partial charge in [0.15, 0.2) is 0 Å². The van der Waals surface area contributed by atoms with E-state index in [1.807, 2.05) is 18.3 Å². The largest absolute Gasteiger partial charge is 0.254 e. The summed E-state index contributed by atoms with van der Waals surface area (Å²) in [6.45, 7) is 11.2. The summed E-state index contributed by atoms with van der Waals surface area (Å²) in [7, 11) is 0. The molecule has 7 rings (SSSR count). The molecule has 0 bridgehead atoms. The highest BCUT2D eigenvalue weighted by atomic mass is 14.8. The molecule has 3 aromatic carbocycles. The Balaban J connectivity index is 1.34. The first-order valence-electron chi connectivity index (χ1n) is 14.6. The number of rotatable bonds is 4. The second-order valence-electron chi connectivity index (χ2n) is 13.0. The van der Waals surface area contributed by atoms with Gasteiger partial charge < -0.3 is 0 Å². The Kier molecular flexibility index (Phi) is 6.05. The molecule has 7 aromatic rings. The second-order valence-corrected chi connectivity index (χ2v) is 13.0. The van der Waals surface area contributed by atoms with Crippen molar-refractivity contribution in [3.05, 3.63) is 120 Å². The third kappa shape index (κ3) is 4.57. The van der Waals surface area contributed by atoms with E-state index in [0.717, 1.165) is 72.7 Å². The molecule has 0 radical (unpaired) electrons. The van der Waals surface area contributed by atoms with Crippen LogP contribution in [0.3, 0.4) is 0 Å². The minimum atomic E-state index is -0.234. The molecule has 0 fully saturated rings. The van der Waals surface area contributed by atoms with E-state index < -0.39 is 0 Å². The molecule has 4 heteroatoms. The molecule has 42 heavy (non-hydrogen) atoms. The van der Waals surface area contributed by atoms with Crippen LogP contribution in [0.4, 0.5) is 0 Å². The van der Waals surface area contributed by atoms with Crippen molar-refractivity contribution in [3.63, 3.8) is 0 Å². The number of hydrogen-bond acceptors (Lipinski definition) is 4. The van der Waals surface area contributed by atoms with E-state index in [0.29, 0.717) is 0 Å². The van der Waals surface area contributed by atoms with Gasteiger partial charge in [0.2, 0.25) is 0 Å². The molecule has 4 heterocycles. The molecule has 0 atom stereocenters. The highest BCUT2D eigenvalue weighted by Gasteiger charge is 2.26. The normalized spacial score (nSPS) is 12.5. The average Bonchev–Trinajstić information content (AvgIpc) is 3.00. The SMILES string of the molecule is CC(C)(C)c1ccc2cc(CC(C)(C)c3ccc4ccc5ccc(-c6ccccc6)nc5c4n3)c3cccnc3c2n1. The Morgan fingerprint density at radius 2 is 1.17 bits per heavy atom. The monoisotopic (exact) mass is 546 g/mol. The molecule has 4 nitrogen and oxygen atoms in total. The van der Waals surface area contributed by atoms with Crippen molar-refractivity contribution in [3.8, 4) is 11.3 Å². The van der Waals surface area contributed by atoms with E-state index in [-0.39, 0.29) is 10.8 Å². The average molecular weight is 547 g/mol. The zero-order chi connectivity index (χ0) is 29.1. The lowest BCUT2D eigenvalue weighted by Gasteiger charge is -2.26. The first-order valence-corrected chi connectivity index (χ1v) is 14.6. The Bertz CT molecular complexity index is 2120. The van der Waals surface area contributed by atoms with Crippen LogP contribution < -0.4 is 0 Å². The van der Waals surface area contributed by atoms with E-state index in [9.17, 15) is 0 Å². The maximum atomic E-state index is 5.30. The molecule has 4 aromatic heterocycles.